The second kappa shape index (κ2) is 7.15. The number of nitrogens with one attached hydrogen (secondary N) is 1. The van der Waals surface area contributed by atoms with Crippen LogP contribution in [0.25, 0.3) is 0 Å². The molecule has 0 bridgehead atoms. The number of aryl methyl sites for hydroxylation is 2. The highest BCUT2D eigenvalue weighted by Gasteiger charge is 2.39. The van der Waals surface area contributed by atoms with Crippen LogP contribution in [0.2, 0.25) is 0 Å². The van der Waals surface area contributed by atoms with Crippen molar-refractivity contribution in [3.8, 4) is 0 Å². The molecular formula is C17H26N2O4. The lowest BCUT2D eigenvalue weighted by Gasteiger charge is -2.33. The predicted molar refractivity (Wildman–Crippen MR) is 85.2 cm³/mol. The van der Waals surface area contributed by atoms with Crippen molar-refractivity contribution < 1.29 is 19.2 Å². The molecule has 23 heavy (non-hydrogen) atoms. The van der Waals surface area contributed by atoms with Gasteiger partial charge in [0.05, 0.1) is 11.1 Å². The largest absolute Gasteiger partial charge is 0.481 e. The van der Waals surface area contributed by atoms with Crippen LogP contribution in [0.4, 0.5) is 0 Å². The Morgan fingerprint density at radius 2 is 1.96 bits per heavy atom. The number of aliphatic carboxylic acids is 1. The molecule has 1 atom stereocenters. The zero-order valence-corrected chi connectivity index (χ0v) is 14.1. The highest BCUT2D eigenvalue weighted by Crippen LogP contribution is 2.36. The smallest absolute Gasteiger partial charge is 0.311 e. The number of carboxylic acid groups (broad SMARTS) is 1. The van der Waals surface area contributed by atoms with E-state index in [2.05, 4.69) is 10.5 Å². The number of amides is 1. The number of carboxylic acids is 1. The fourth-order valence-corrected chi connectivity index (χ4v) is 3.61. The average molecular weight is 322 g/mol. The molecule has 1 aromatic heterocycles. The summed E-state index contributed by atoms with van der Waals surface area (Å²) in [6.07, 6.45) is 4.49. The topological polar surface area (TPSA) is 92.4 Å². The maximum Gasteiger partial charge on any atom is 0.311 e. The second-order valence-electron chi connectivity index (χ2n) is 6.77. The highest BCUT2D eigenvalue weighted by molar-refractivity contribution is 5.79. The first-order chi connectivity index (χ1) is 10.9. The van der Waals surface area contributed by atoms with Gasteiger partial charge < -0.3 is 14.9 Å². The van der Waals surface area contributed by atoms with E-state index in [1.54, 1.807) is 0 Å². The average Bonchev–Trinajstić information content (AvgIpc) is 2.85. The lowest BCUT2D eigenvalue weighted by molar-refractivity contribution is -0.151. The standard InChI is InChI=1S/C17H26N2O4/c1-11(15-12(2)19-23-13(15)3)9-14(20)18-10-17(16(21)22)7-5-4-6-8-17/h11H,4-10H2,1-3H3,(H,18,20)(H,21,22). The van der Waals surface area contributed by atoms with E-state index in [4.69, 9.17) is 4.52 Å². The van der Waals surface area contributed by atoms with Crippen LogP contribution < -0.4 is 5.32 Å². The van der Waals surface area contributed by atoms with Gasteiger partial charge in [0.2, 0.25) is 5.91 Å². The summed E-state index contributed by atoms with van der Waals surface area (Å²) >= 11 is 0. The van der Waals surface area contributed by atoms with Crippen molar-refractivity contribution in [3.05, 3.63) is 17.0 Å². The third-order valence-electron chi connectivity index (χ3n) is 4.96. The predicted octanol–water partition coefficient (Wildman–Crippen LogP) is 2.94. The Kier molecular flexibility index (Phi) is 5.44. The molecule has 0 aromatic carbocycles. The first-order valence-corrected chi connectivity index (χ1v) is 8.28. The first kappa shape index (κ1) is 17.5. The molecule has 0 spiro atoms. The molecule has 0 saturated heterocycles. The number of hydrogen-bond acceptors (Lipinski definition) is 4. The fraction of sp³-hybridized carbons (Fsp3) is 0.706. The summed E-state index contributed by atoms with van der Waals surface area (Å²) in [5, 5.41) is 16.3. The van der Waals surface area contributed by atoms with Crippen molar-refractivity contribution in [1.82, 2.24) is 10.5 Å². The molecule has 1 aliphatic rings. The number of aromatic nitrogens is 1. The maximum absolute atomic E-state index is 12.2. The van der Waals surface area contributed by atoms with Gasteiger partial charge >= 0.3 is 5.97 Å². The minimum atomic E-state index is -0.795. The molecule has 1 aliphatic carbocycles. The van der Waals surface area contributed by atoms with Crippen molar-refractivity contribution in [2.45, 2.75) is 65.2 Å². The Morgan fingerprint density at radius 1 is 1.30 bits per heavy atom. The van der Waals surface area contributed by atoms with Gasteiger partial charge in [0.15, 0.2) is 0 Å². The van der Waals surface area contributed by atoms with Crippen molar-refractivity contribution in [1.29, 1.82) is 0 Å². The summed E-state index contributed by atoms with van der Waals surface area (Å²) < 4.78 is 5.14. The SMILES string of the molecule is Cc1noc(C)c1C(C)CC(=O)NCC1(C(=O)O)CCCCC1. The van der Waals surface area contributed by atoms with Gasteiger partial charge in [-0.15, -0.1) is 0 Å². The minimum Gasteiger partial charge on any atom is -0.481 e. The highest BCUT2D eigenvalue weighted by atomic mass is 16.5. The Morgan fingerprint density at radius 3 is 2.48 bits per heavy atom. The summed E-state index contributed by atoms with van der Waals surface area (Å²) in [5.74, 6) is -0.189. The molecule has 1 amide bonds. The monoisotopic (exact) mass is 322 g/mol. The van der Waals surface area contributed by atoms with Crippen LogP contribution in [0.5, 0.6) is 0 Å². The van der Waals surface area contributed by atoms with Crippen LogP contribution in [0.3, 0.4) is 0 Å². The summed E-state index contributed by atoms with van der Waals surface area (Å²) in [7, 11) is 0. The van der Waals surface area contributed by atoms with Crippen LogP contribution in [0, 0.1) is 19.3 Å². The van der Waals surface area contributed by atoms with Gasteiger partial charge in [0.25, 0.3) is 0 Å². The molecule has 0 radical (unpaired) electrons. The van der Waals surface area contributed by atoms with Crippen molar-refractivity contribution >= 4 is 11.9 Å². The van der Waals surface area contributed by atoms with E-state index in [0.29, 0.717) is 19.3 Å². The Hall–Kier alpha value is -1.85. The zero-order chi connectivity index (χ0) is 17.0. The van der Waals surface area contributed by atoms with E-state index in [0.717, 1.165) is 36.3 Å². The number of hydrogen-bond donors (Lipinski definition) is 2. The number of carbonyl (C=O) groups excluding carboxylic acids is 1. The van der Waals surface area contributed by atoms with Crippen LogP contribution in [0.15, 0.2) is 4.52 Å². The molecule has 6 nitrogen and oxygen atoms in total. The van der Waals surface area contributed by atoms with Gasteiger partial charge in [-0.3, -0.25) is 9.59 Å². The first-order valence-electron chi connectivity index (χ1n) is 8.28. The van der Waals surface area contributed by atoms with E-state index in [-0.39, 0.29) is 18.4 Å². The Labute approximate surface area is 136 Å². The third kappa shape index (κ3) is 3.92. The van der Waals surface area contributed by atoms with E-state index in [1.807, 2.05) is 20.8 Å². The molecule has 0 aliphatic heterocycles. The van der Waals surface area contributed by atoms with E-state index in [1.165, 1.54) is 0 Å². The van der Waals surface area contributed by atoms with Gasteiger partial charge in [-0.1, -0.05) is 31.3 Å². The summed E-state index contributed by atoms with van der Waals surface area (Å²) in [5.41, 5.74) is 0.975. The molecule has 128 valence electrons. The molecule has 1 saturated carbocycles. The summed E-state index contributed by atoms with van der Waals surface area (Å²) in [4.78, 5) is 23.8. The molecular weight excluding hydrogens is 296 g/mol. The maximum atomic E-state index is 12.2. The van der Waals surface area contributed by atoms with Crippen LogP contribution in [-0.2, 0) is 9.59 Å². The molecule has 2 rings (SSSR count). The van der Waals surface area contributed by atoms with E-state index < -0.39 is 11.4 Å². The van der Waals surface area contributed by atoms with Crippen molar-refractivity contribution in [3.63, 3.8) is 0 Å². The van der Waals surface area contributed by atoms with Crippen LogP contribution in [-0.4, -0.2) is 28.7 Å². The van der Waals surface area contributed by atoms with E-state index in [9.17, 15) is 14.7 Å². The summed E-state index contributed by atoms with van der Waals surface area (Å²) in [6.45, 7) is 5.88. The van der Waals surface area contributed by atoms with Crippen LogP contribution in [0.1, 0.15) is 68.4 Å². The van der Waals surface area contributed by atoms with Crippen LogP contribution >= 0.6 is 0 Å². The molecule has 1 unspecified atom stereocenters. The van der Waals surface area contributed by atoms with Gasteiger partial charge in [0, 0.05) is 18.5 Å². The molecule has 1 fully saturated rings. The molecule has 2 N–H and O–H groups in total. The van der Waals surface area contributed by atoms with Gasteiger partial charge in [-0.05, 0) is 32.6 Å². The minimum absolute atomic E-state index is 0.00613. The number of nitrogens with zero attached hydrogens (tertiary/aromatic N) is 1. The lowest BCUT2D eigenvalue weighted by atomic mass is 9.74. The second-order valence-corrected chi connectivity index (χ2v) is 6.77. The Balaban J connectivity index is 1.93. The number of carbonyl (C=O) groups is 2. The quantitative estimate of drug-likeness (QED) is 0.840. The Bertz CT molecular complexity index is 554. The van der Waals surface area contributed by atoms with Gasteiger partial charge in [-0.2, -0.15) is 0 Å². The van der Waals surface area contributed by atoms with Crippen molar-refractivity contribution in [2.75, 3.05) is 6.54 Å². The normalized spacial score (nSPS) is 18.4. The van der Waals surface area contributed by atoms with E-state index >= 15 is 0 Å². The van der Waals surface area contributed by atoms with Gasteiger partial charge in [0.1, 0.15) is 5.76 Å². The number of rotatable bonds is 6. The third-order valence-corrected chi connectivity index (χ3v) is 4.96. The zero-order valence-electron chi connectivity index (χ0n) is 14.1. The lowest BCUT2D eigenvalue weighted by Crippen LogP contribution is -2.44. The van der Waals surface area contributed by atoms with Gasteiger partial charge in [-0.25, -0.2) is 0 Å². The fourth-order valence-electron chi connectivity index (χ4n) is 3.61. The molecule has 1 aromatic rings. The van der Waals surface area contributed by atoms with Crippen molar-refractivity contribution in [2.24, 2.45) is 5.41 Å². The molecule has 6 heteroatoms. The molecule has 1 heterocycles. The summed E-state index contributed by atoms with van der Waals surface area (Å²) in [6, 6.07) is 0.